The van der Waals surface area contributed by atoms with Gasteiger partial charge in [-0.15, -0.1) is 0 Å². The van der Waals surface area contributed by atoms with Gasteiger partial charge >= 0.3 is 0 Å². The van der Waals surface area contributed by atoms with E-state index in [1.165, 1.54) is 18.0 Å². The van der Waals surface area contributed by atoms with Crippen LogP contribution in [0.25, 0.3) is 17.3 Å². The summed E-state index contributed by atoms with van der Waals surface area (Å²) in [7, 11) is 0. The van der Waals surface area contributed by atoms with Crippen LogP contribution in [-0.2, 0) is 4.79 Å². The maximum atomic E-state index is 12.8. The highest BCUT2D eigenvalue weighted by Crippen LogP contribution is 2.29. The van der Waals surface area contributed by atoms with Crippen LogP contribution in [0.4, 0.5) is 5.88 Å². The van der Waals surface area contributed by atoms with Crippen molar-refractivity contribution < 1.29 is 13.6 Å². The van der Waals surface area contributed by atoms with Gasteiger partial charge in [0.05, 0.1) is 12.0 Å². The molecule has 3 aromatic heterocycles. The van der Waals surface area contributed by atoms with Crippen molar-refractivity contribution in [2.24, 2.45) is 0 Å². The molecule has 0 unspecified atom stereocenters. The third-order valence-corrected chi connectivity index (χ3v) is 6.57. The molecule has 1 amide bonds. The van der Waals surface area contributed by atoms with Crippen LogP contribution in [0.5, 0.6) is 0 Å². The molecule has 1 aliphatic heterocycles. The van der Waals surface area contributed by atoms with Gasteiger partial charge in [-0.25, -0.2) is 4.98 Å². The number of thioether (sulfide) groups is 1. The number of carbonyl (C=O) groups is 1. The van der Waals surface area contributed by atoms with E-state index in [1.807, 2.05) is 44.8 Å². The zero-order chi connectivity index (χ0) is 23.5. The quantitative estimate of drug-likeness (QED) is 0.369. The lowest BCUT2D eigenvalue weighted by Gasteiger charge is -2.34. The second kappa shape index (κ2) is 9.67. The Morgan fingerprint density at radius 3 is 2.79 bits per heavy atom. The van der Waals surface area contributed by atoms with E-state index >= 15 is 0 Å². The fourth-order valence-electron chi connectivity index (χ4n) is 3.70. The summed E-state index contributed by atoms with van der Waals surface area (Å²) in [6.07, 6.45) is 5.07. The van der Waals surface area contributed by atoms with E-state index in [0.29, 0.717) is 42.8 Å². The number of benzene rings is 1. The Hall–Kier alpha value is -3.68. The molecule has 0 bridgehead atoms. The van der Waals surface area contributed by atoms with Crippen molar-refractivity contribution >= 4 is 35.2 Å². The highest BCUT2D eigenvalue weighted by atomic mass is 35.5. The molecule has 1 aromatic carbocycles. The zero-order valence-corrected chi connectivity index (χ0v) is 19.5. The van der Waals surface area contributed by atoms with E-state index < -0.39 is 0 Å². The molecular weight excluding hydrogens is 476 g/mol. The van der Waals surface area contributed by atoms with Crippen LogP contribution in [0.1, 0.15) is 5.69 Å². The van der Waals surface area contributed by atoms with Crippen LogP contribution in [0.15, 0.2) is 69.0 Å². The van der Waals surface area contributed by atoms with Crippen LogP contribution < -0.4 is 4.90 Å². The summed E-state index contributed by atoms with van der Waals surface area (Å²) in [5.41, 5.74) is 1.09. The van der Waals surface area contributed by atoms with Gasteiger partial charge in [0, 0.05) is 49.3 Å². The highest BCUT2D eigenvalue weighted by molar-refractivity contribution is 7.99. The molecule has 4 aromatic rings. The summed E-state index contributed by atoms with van der Waals surface area (Å²) in [6, 6.07) is 13.0. The van der Waals surface area contributed by atoms with Crippen molar-refractivity contribution in [3.05, 3.63) is 65.8 Å². The Labute approximate surface area is 204 Å². The lowest BCUT2D eigenvalue weighted by Crippen LogP contribution is -2.49. The first kappa shape index (κ1) is 22.1. The van der Waals surface area contributed by atoms with E-state index in [9.17, 15) is 10.1 Å². The number of hydrogen-bond acceptors (Lipinski definition) is 8. The molecule has 5 rings (SSSR count). The number of piperazine rings is 1. The second-order valence-electron chi connectivity index (χ2n) is 7.48. The molecule has 0 radical (unpaired) electrons. The summed E-state index contributed by atoms with van der Waals surface area (Å²) in [5.74, 6) is 1.43. The summed E-state index contributed by atoms with van der Waals surface area (Å²) >= 11 is 7.49. The number of aromatic nitrogens is 3. The number of rotatable bonds is 6. The zero-order valence-electron chi connectivity index (χ0n) is 17.9. The topological polar surface area (TPSA) is 104 Å². The minimum absolute atomic E-state index is 0.0274. The first-order valence-corrected chi connectivity index (χ1v) is 11.9. The lowest BCUT2D eigenvalue weighted by molar-refractivity contribution is -0.128. The van der Waals surface area contributed by atoms with Gasteiger partial charge in [0.2, 0.25) is 17.5 Å². The van der Waals surface area contributed by atoms with Gasteiger partial charge in [0.1, 0.15) is 6.07 Å². The van der Waals surface area contributed by atoms with Gasteiger partial charge in [0.25, 0.3) is 5.89 Å². The summed E-state index contributed by atoms with van der Waals surface area (Å²) in [4.78, 5) is 25.2. The van der Waals surface area contributed by atoms with E-state index in [0.717, 1.165) is 10.8 Å². The molecular formula is C23H19ClN6O3S. The summed E-state index contributed by atoms with van der Waals surface area (Å²) < 4.78 is 13.0. The smallest absolute Gasteiger partial charge is 0.266 e. The number of imidazole rings is 1. The average molecular weight is 495 g/mol. The third kappa shape index (κ3) is 4.53. The van der Waals surface area contributed by atoms with Gasteiger partial charge < -0.3 is 18.6 Å². The number of furan rings is 1. The second-order valence-corrected chi connectivity index (χ2v) is 8.86. The van der Waals surface area contributed by atoms with Crippen LogP contribution >= 0.6 is 23.4 Å². The first-order chi connectivity index (χ1) is 16.6. The Kier molecular flexibility index (Phi) is 6.29. The predicted molar refractivity (Wildman–Crippen MR) is 127 cm³/mol. The number of amides is 1. The summed E-state index contributed by atoms with van der Waals surface area (Å²) in [5, 5.41) is 10.8. The summed E-state index contributed by atoms with van der Waals surface area (Å²) in [6.45, 7) is 2.11. The lowest BCUT2D eigenvalue weighted by atomic mass is 10.3. The Morgan fingerprint density at radius 2 is 2.06 bits per heavy atom. The number of nitriles is 1. The fraction of sp³-hybridized carbons (Fsp3) is 0.217. The number of anilines is 1. The number of hydrogen-bond donors (Lipinski definition) is 0. The SMILES string of the molecule is N#Cc1nc(-c2ccco2)oc1N1CCN(C(=O)CSc2nccn2-c2cccc(Cl)c2)CC1. The Bertz CT molecular complexity index is 1330. The van der Waals surface area contributed by atoms with Gasteiger partial charge in [-0.2, -0.15) is 10.2 Å². The number of oxazole rings is 1. The number of nitrogens with zero attached hydrogens (tertiary/aromatic N) is 6. The first-order valence-electron chi connectivity index (χ1n) is 10.5. The van der Waals surface area contributed by atoms with Crippen molar-refractivity contribution in [2.45, 2.75) is 5.16 Å². The molecule has 0 N–H and O–H groups in total. The molecule has 0 atom stereocenters. The monoisotopic (exact) mass is 494 g/mol. The molecule has 1 saturated heterocycles. The van der Waals surface area contributed by atoms with Gasteiger partial charge in [-0.05, 0) is 30.3 Å². The molecule has 4 heterocycles. The van der Waals surface area contributed by atoms with E-state index in [2.05, 4.69) is 16.0 Å². The van der Waals surface area contributed by atoms with Crippen molar-refractivity contribution in [3.63, 3.8) is 0 Å². The fourth-order valence-corrected chi connectivity index (χ4v) is 4.76. The van der Waals surface area contributed by atoms with E-state index in [-0.39, 0.29) is 23.2 Å². The molecule has 34 heavy (non-hydrogen) atoms. The molecule has 1 fully saturated rings. The minimum atomic E-state index is 0.0274. The van der Waals surface area contributed by atoms with E-state index in [4.69, 9.17) is 20.4 Å². The molecule has 0 saturated carbocycles. The molecule has 11 heteroatoms. The van der Waals surface area contributed by atoms with Gasteiger partial charge in [-0.3, -0.25) is 9.36 Å². The number of halogens is 1. The van der Waals surface area contributed by atoms with Crippen molar-refractivity contribution in [1.29, 1.82) is 5.26 Å². The van der Waals surface area contributed by atoms with Crippen LogP contribution in [-0.4, -0.2) is 57.3 Å². The Balaban J connectivity index is 1.19. The average Bonchev–Trinajstić information content (AvgIpc) is 3.63. The maximum absolute atomic E-state index is 12.8. The van der Waals surface area contributed by atoms with Crippen LogP contribution in [0.2, 0.25) is 5.02 Å². The minimum Gasteiger partial charge on any atom is -0.459 e. The van der Waals surface area contributed by atoms with Crippen molar-refractivity contribution in [2.75, 3.05) is 36.8 Å². The van der Waals surface area contributed by atoms with Gasteiger partial charge in [-0.1, -0.05) is 29.4 Å². The Morgan fingerprint density at radius 1 is 1.21 bits per heavy atom. The third-order valence-electron chi connectivity index (χ3n) is 5.38. The highest BCUT2D eigenvalue weighted by Gasteiger charge is 2.27. The van der Waals surface area contributed by atoms with Crippen LogP contribution in [0.3, 0.4) is 0 Å². The van der Waals surface area contributed by atoms with Crippen LogP contribution in [0, 0.1) is 11.3 Å². The largest absolute Gasteiger partial charge is 0.459 e. The predicted octanol–water partition coefficient (Wildman–Crippen LogP) is 4.09. The molecule has 9 nitrogen and oxygen atoms in total. The maximum Gasteiger partial charge on any atom is 0.266 e. The molecule has 1 aliphatic rings. The van der Waals surface area contributed by atoms with Crippen molar-refractivity contribution in [1.82, 2.24) is 19.4 Å². The number of carbonyl (C=O) groups excluding carboxylic acids is 1. The molecule has 172 valence electrons. The van der Waals surface area contributed by atoms with Crippen molar-refractivity contribution in [3.8, 4) is 23.4 Å². The molecule has 0 spiro atoms. The normalized spacial score (nSPS) is 13.8. The standard InChI is InChI=1S/C23H19ClN6O3S/c24-16-3-1-4-17(13-16)30-7-6-26-23(30)34-15-20(31)28-8-10-29(11-9-28)22-18(14-25)27-21(33-22)19-5-2-12-32-19/h1-7,12-13H,8-11,15H2. The van der Waals surface area contributed by atoms with E-state index in [1.54, 1.807) is 18.3 Å². The van der Waals surface area contributed by atoms with Gasteiger partial charge in [0.15, 0.2) is 10.9 Å². The molecule has 0 aliphatic carbocycles.